The monoisotopic (exact) mass is 250 g/mol. The second-order valence-electron chi connectivity index (χ2n) is 3.64. The van der Waals surface area contributed by atoms with Crippen molar-refractivity contribution in [1.82, 2.24) is 0 Å². The Kier molecular flexibility index (Phi) is 3.57. The third-order valence-corrected chi connectivity index (χ3v) is 2.31. The van der Waals surface area contributed by atoms with Crippen molar-refractivity contribution in [2.75, 3.05) is 13.2 Å². The van der Waals surface area contributed by atoms with Gasteiger partial charge in [0.15, 0.2) is 6.10 Å². The van der Waals surface area contributed by atoms with E-state index in [-0.39, 0.29) is 18.8 Å². The van der Waals surface area contributed by atoms with Crippen molar-refractivity contribution in [3.05, 3.63) is 35.4 Å². The molecular formula is C12H10O6. The van der Waals surface area contributed by atoms with Crippen LogP contribution in [0.3, 0.4) is 0 Å². The highest BCUT2D eigenvalue weighted by atomic mass is 16.8. The number of benzene rings is 1. The molecule has 1 aromatic rings. The van der Waals surface area contributed by atoms with E-state index in [4.69, 9.17) is 9.47 Å². The molecule has 1 saturated heterocycles. The summed E-state index contributed by atoms with van der Waals surface area (Å²) in [5.41, 5.74) is 0.657. The topological polar surface area (TPSA) is 78.9 Å². The Morgan fingerprint density at radius 2 is 2.33 bits per heavy atom. The highest BCUT2D eigenvalue weighted by Crippen LogP contribution is 2.09. The fourth-order valence-corrected chi connectivity index (χ4v) is 1.44. The minimum Gasteiger partial charge on any atom is -0.458 e. The summed E-state index contributed by atoms with van der Waals surface area (Å²) in [6.07, 6.45) is -0.696. The number of hydrogen-bond acceptors (Lipinski definition) is 6. The van der Waals surface area contributed by atoms with Gasteiger partial charge in [0.2, 0.25) is 0 Å². The highest BCUT2D eigenvalue weighted by Gasteiger charge is 2.26. The van der Waals surface area contributed by atoms with E-state index in [0.29, 0.717) is 11.8 Å². The van der Waals surface area contributed by atoms with Gasteiger partial charge in [-0.15, -0.1) is 0 Å². The number of carbonyl (C=O) groups is 3. The average molecular weight is 250 g/mol. The molecule has 0 aliphatic carbocycles. The summed E-state index contributed by atoms with van der Waals surface area (Å²) in [5.74, 6) is -0.582. The zero-order valence-corrected chi connectivity index (χ0v) is 9.33. The van der Waals surface area contributed by atoms with Crippen molar-refractivity contribution in [2.45, 2.75) is 6.10 Å². The molecule has 94 valence electrons. The Morgan fingerprint density at radius 1 is 1.50 bits per heavy atom. The summed E-state index contributed by atoms with van der Waals surface area (Å²) in [6.45, 7) is -0.00359. The standard InChI is InChI=1S/C12H10O6/c13-5-8-2-1-3-9(4-8)11(14)16-6-10-7-17-12(15)18-10/h1-5,10H,6-7H2. The molecule has 18 heavy (non-hydrogen) atoms. The van der Waals surface area contributed by atoms with Crippen LogP contribution in [0.15, 0.2) is 24.3 Å². The van der Waals surface area contributed by atoms with Gasteiger partial charge in [0.25, 0.3) is 0 Å². The molecule has 1 aliphatic heterocycles. The molecular weight excluding hydrogens is 240 g/mol. The fourth-order valence-electron chi connectivity index (χ4n) is 1.44. The number of aldehydes is 1. The lowest BCUT2D eigenvalue weighted by atomic mass is 10.1. The Balaban J connectivity index is 1.91. The number of hydrogen-bond donors (Lipinski definition) is 0. The van der Waals surface area contributed by atoms with Gasteiger partial charge < -0.3 is 14.2 Å². The van der Waals surface area contributed by atoms with Crippen molar-refractivity contribution >= 4 is 18.4 Å². The van der Waals surface area contributed by atoms with Crippen LogP contribution in [0.25, 0.3) is 0 Å². The average Bonchev–Trinajstić information content (AvgIpc) is 2.82. The van der Waals surface area contributed by atoms with Crippen LogP contribution in [-0.4, -0.2) is 37.7 Å². The van der Waals surface area contributed by atoms with Gasteiger partial charge in [0, 0.05) is 5.56 Å². The summed E-state index contributed by atoms with van der Waals surface area (Å²) in [7, 11) is 0. The van der Waals surface area contributed by atoms with E-state index < -0.39 is 18.2 Å². The molecule has 6 heteroatoms. The van der Waals surface area contributed by atoms with E-state index in [1.807, 2.05) is 0 Å². The van der Waals surface area contributed by atoms with Crippen LogP contribution < -0.4 is 0 Å². The maximum Gasteiger partial charge on any atom is 0.508 e. The lowest BCUT2D eigenvalue weighted by Gasteiger charge is -2.08. The molecule has 0 amide bonds. The molecule has 1 heterocycles. The van der Waals surface area contributed by atoms with Crippen molar-refractivity contribution in [2.24, 2.45) is 0 Å². The lowest BCUT2D eigenvalue weighted by Crippen LogP contribution is -2.20. The van der Waals surface area contributed by atoms with Crippen LogP contribution in [0, 0.1) is 0 Å². The van der Waals surface area contributed by atoms with Gasteiger partial charge in [0.1, 0.15) is 19.5 Å². The number of ether oxygens (including phenoxy) is 3. The van der Waals surface area contributed by atoms with Crippen LogP contribution in [0.2, 0.25) is 0 Å². The molecule has 1 aromatic carbocycles. The van der Waals surface area contributed by atoms with Crippen molar-refractivity contribution in [3.8, 4) is 0 Å². The van der Waals surface area contributed by atoms with E-state index in [9.17, 15) is 14.4 Å². The smallest absolute Gasteiger partial charge is 0.458 e. The first-order valence-corrected chi connectivity index (χ1v) is 5.25. The predicted molar refractivity (Wildman–Crippen MR) is 58.3 cm³/mol. The molecule has 1 atom stereocenters. The number of carbonyl (C=O) groups excluding carboxylic acids is 3. The molecule has 1 unspecified atom stereocenters. The Hall–Kier alpha value is -2.37. The first kappa shape index (κ1) is 12.1. The highest BCUT2D eigenvalue weighted by molar-refractivity contribution is 5.91. The molecule has 0 aromatic heterocycles. The third-order valence-electron chi connectivity index (χ3n) is 2.31. The lowest BCUT2D eigenvalue weighted by molar-refractivity contribution is 0.0300. The van der Waals surface area contributed by atoms with Crippen LogP contribution >= 0.6 is 0 Å². The quantitative estimate of drug-likeness (QED) is 0.590. The van der Waals surface area contributed by atoms with Gasteiger partial charge in [0.05, 0.1) is 5.56 Å². The zero-order valence-electron chi connectivity index (χ0n) is 9.33. The van der Waals surface area contributed by atoms with E-state index in [2.05, 4.69) is 4.74 Å². The van der Waals surface area contributed by atoms with E-state index in [0.717, 1.165) is 0 Å². The number of esters is 1. The molecule has 1 aliphatic rings. The molecule has 0 saturated carbocycles. The van der Waals surface area contributed by atoms with Gasteiger partial charge in [-0.1, -0.05) is 12.1 Å². The Labute approximate surface area is 102 Å². The second-order valence-corrected chi connectivity index (χ2v) is 3.64. The van der Waals surface area contributed by atoms with E-state index in [1.165, 1.54) is 12.1 Å². The number of rotatable bonds is 4. The Morgan fingerprint density at radius 3 is 3.00 bits per heavy atom. The zero-order chi connectivity index (χ0) is 13.0. The Bertz CT molecular complexity index is 481. The van der Waals surface area contributed by atoms with Crippen molar-refractivity contribution < 1.29 is 28.6 Å². The van der Waals surface area contributed by atoms with Crippen LogP contribution in [-0.2, 0) is 14.2 Å². The van der Waals surface area contributed by atoms with Crippen LogP contribution in [0.5, 0.6) is 0 Å². The van der Waals surface area contributed by atoms with Crippen LogP contribution in [0.1, 0.15) is 20.7 Å². The van der Waals surface area contributed by atoms with Crippen molar-refractivity contribution in [3.63, 3.8) is 0 Å². The molecule has 0 radical (unpaired) electrons. The first-order valence-electron chi connectivity index (χ1n) is 5.25. The minimum atomic E-state index is -0.765. The maximum absolute atomic E-state index is 11.6. The van der Waals surface area contributed by atoms with Gasteiger partial charge in [-0.3, -0.25) is 4.79 Å². The van der Waals surface area contributed by atoms with Gasteiger partial charge in [-0.2, -0.15) is 0 Å². The third kappa shape index (κ3) is 2.85. The molecule has 0 bridgehead atoms. The van der Waals surface area contributed by atoms with E-state index in [1.54, 1.807) is 12.1 Å². The molecule has 0 spiro atoms. The largest absolute Gasteiger partial charge is 0.508 e. The molecule has 0 N–H and O–H groups in total. The predicted octanol–water partition coefficient (Wildman–Crippen LogP) is 1.19. The van der Waals surface area contributed by atoms with Gasteiger partial charge in [-0.25, -0.2) is 9.59 Å². The summed E-state index contributed by atoms with van der Waals surface area (Å²) >= 11 is 0. The summed E-state index contributed by atoms with van der Waals surface area (Å²) in [5, 5.41) is 0. The van der Waals surface area contributed by atoms with E-state index >= 15 is 0 Å². The molecule has 2 rings (SSSR count). The number of cyclic esters (lactones) is 2. The minimum absolute atomic E-state index is 0.0699. The van der Waals surface area contributed by atoms with Crippen molar-refractivity contribution in [1.29, 1.82) is 0 Å². The second kappa shape index (κ2) is 5.31. The maximum atomic E-state index is 11.6. The van der Waals surface area contributed by atoms with Gasteiger partial charge >= 0.3 is 12.1 Å². The molecule has 6 nitrogen and oxygen atoms in total. The summed E-state index contributed by atoms with van der Waals surface area (Å²) in [6, 6.07) is 6.12. The summed E-state index contributed by atoms with van der Waals surface area (Å²) < 4.78 is 14.2. The summed E-state index contributed by atoms with van der Waals surface area (Å²) in [4.78, 5) is 32.8. The van der Waals surface area contributed by atoms with Gasteiger partial charge in [-0.05, 0) is 12.1 Å². The fraction of sp³-hybridized carbons (Fsp3) is 0.250. The molecule has 1 fully saturated rings. The SMILES string of the molecule is O=Cc1cccc(C(=O)OCC2COC(=O)O2)c1. The van der Waals surface area contributed by atoms with Crippen LogP contribution in [0.4, 0.5) is 4.79 Å². The first-order chi connectivity index (χ1) is 8.69. The normalized spacial score (nSPS) is 17.8.